The van der Waals surface area contributed by atoms with Crippen molar-refractivity contribution in [3.63, 3.8) is 0 Å². The topological polar surface area (TPSA) is 81.5 Å². The molecule has 6 heteroatoms. The van der Waals surface area contributed by atoms with Crippen LogP contribution >= 0.6 is 0 Å². The maximum absolute atomic E-state index is 11.9. The van der Waals surface area contributed by atoms with Crippen molar-refractivity contribution >= 4 is 11.6 Å². The fourth-order valence-corrected chi connectivity index (χ4v) is 1.77. The molecule has 1 aliphatic rings. The quantitative estimate of drug-likeness (QED) is 0.646. The van der Waals surface area contributed by atoms with E-state index < -0.39 is 10.8 Å². The van der Waals surface area contributed by atoms with Gasteiger partial charge in [-0.2, -0.15) is 0 Å². The lowest BCUT2D eigenvalue weighted by atomic mass is 9.88. The van der Waals surface area contributed by atoms with Crippen molar-refractivity contribution in [3.05, 3.63) is 39.9 Å². The summed E-state index contributed by atoms with van der Waals surface area (Å²) in [7, 11) is 0. The molecule has 0 unspecified atom stereocenters. The largest absolute Gasteiger partial charge is 0.380 e. The Morgan fingerprint density at radius 1 is 1.50 bits per heavy atom. The zero-order chi connectivity index (χ0) is 13.2. The summed E-state index contributed by atoms with van der Waals surface area (Å²) < 4.78 is 5.08. The van der Waals surface area contributed by atoms with Crippen LogP contribution in [0.2, 0.25) is 0 Å². The maximum atomic E-state index is 11.9. The molecule has 1 amide bonds. The SMILES string of the molecule is CC1(CNC(=O)c2ccccc2[N+](=O)[O-])COC1. The van der Waals surface area contributed by atoms with Gasteiger partial charge in [0.15, 0.2) is 0 Å². The zero-order valence-corrected chi connectivity index (χ0v) is 10.0. The van der Waals surface area contributed by atoms with E-state index in [9.17, 15) is 14.9 Å². The Bertz CT molecular complexity index is 483. The Morgan fingerprint density at radius 2 is 2.17 bits per heavy atom. The standard InChI is InChI=1S/C12H14N2O4/c1-12(7-18-8-12)6-13-11(15)9-4-2-3-5-10(9)14(16)17/h2-5H,6-8H2,1H3,(H,13,15). The Balaban J connectivity index is 2.06. The lowest BCUT2D eigenvalue weighted by Gasteiger charge is -2.37. The van der Waals surface area contributed by atoms with Gasteiger partial charge in [0, 0.05) is 18.0 Å². The highest BCUT2D eigenvalue weighted by Gasteiger charge is 2.34. The van der Waals surface area contributed by atoms with Gasteiger partial charge in [0.1, 0.15) is 5.56 Å². The van der Waals surface area contributed by atoms with Crippen LogP contribution in [0.1, 0.15) is 17.3 Å². The monoisotopic (exact) mass is 250 g/mol. The zero-order valence-electron chi connectivity index (χ0n) is 10.0. The molecule has 2 rings (SSSR count). The van der Waals surface area contributed by atoms with Crippen molar-refractivity contribution in [2.45, 2.75) is 6.92 Å². The van der Waals surface area contributed by atoms with E-state index in [1.807, 2.05) is 6.92 Å². The summed E-state index contributed by atoms with van der Waals surface area (Å²) in [6.45, 7) is 3.66. The molecule has 1 aromatic rings. The third kappa shape index (κ3) is 2.48. The van der Waals surface area contributed by atoms with E-state index in [1.165, 1.54) is 18.2 Å². The van der Waals surface area contributed by atoms with E-state index in [4.69, 9.17) is 4.74 Å². The molecular weight excluding hydrogens is 236 g/mol. The fourth-order valence-electron chi connectivity index (χ4n) is 1.77. The molecule has 0 radical (unpaired) electrons. The van der Waals surface area contributed by atoms with Gasteiger partial charge in [0.25, 0.3) is 11.6 Å². The summed E-state index contributed by atoms with van der Waals surface area (Å²) in [5.41, 5.74) is -0.143. The molecule has 1 aliphatic heterocycles. The predicted octanol–water partition coefficient (Wildman–Crippen LogP) is 1.36. The molecule has 18 heavy (non-hydrogen) atoms. The molecule has 1 N–H and O–H groups in total. The van der Waals surface area contributed by atoms with Gasteiger partial charge in [-0.25, -0.2) is 0 Å². The molecule has 1 saturated heterocycles. The third-order valence-corrected chi connectivity index (χ3v) is 2.92. The molecule has 1 aromatic carbocycles. The minimum atomic E-state index is -0.552. The van der Waals surface area contributed by atoms with Gasteiger partial charge in [-0.15, -0.1) is 0 Å². The number of para-hydroxylation sites is 1. The Kier molecular flexibility index (Phi) is 3.29. The number of hydrogen-bond acceptors (Lipinski definition) is 4. The summed E-state index contributed by atoms with van der Waals surface area (Å²) >= 11 is 0. The summed E-state index contributed by atoms with van der Waals surface area (Å²) in [5.74, 6) is -0.421. The van der Waals surface area contributed by atoms with Crippen molar-refractivity contribution in [3.8, 4) is 0 Å². The van der Waals surface area contributed by atoms with Crippen LogP contribution in [0.5, 0.6) is 0 Å². The second kappa shape index (κ2) is 4.73. The molecule has 0 aromatic heterocycles. The predicted molar refractivity (Wildman–Crippen MR) is 64.4 cm³/mol. The van der Waals surface area contributed by atoms with E-state index in [-0.39, 0.29) is 16.7 Å². The minimum Gasteiger partial charge on any atom is -0.380 e. The van der Waals surface area contributed by atoms with Crippen molar-refractivity contribution < 1.29 is 14.5 Å². The van der Waals surface area contributed by atoms with Gasteiger partial charge in [-0.1, -0.05) is 19.1 Å². The van der Waals surface area contributed by atoms with Crippen LogP contribution < -0.4 is 5.32 Å². The molecule has 1 fully saturated rings. The first-order chi connectivity index (χ1) is 8.52. The highest BCUT2D eigenvalue weighted by atomic mass is 16.6. The molecule has 6 nitrogen and oxygen atoms in total. The first-order valence-electron chi connectivity index (χ1n) is 5.61. The molecule has 0 bridgehead atoms. The summed E-state index contributed by atoms with van der Waals surface area (Å²) in [6.07, 6.45) is 0. The number of amides is 1. The molecule has 0 spiro atoms. The van der Waals surface area contributed by atoms with Gasteiger partial charge < -0.3 is 10.1 Å². The summed E-state index contributed by atoms with van der Waals surface area (Å²) in [6, 6.07) is 5.92. The number of nitrogens with zero attached hydrogens (tertiary/aromatic N) is 1. The number of carbonyl (C=O) groups is 1. The lowest BCUT2D eigenvalue weighted by Crippen LogP contribution is -2.48. The smallest absolute Gasteiger partial charge is 0.282 e. The molecule has 0 atom stereocenters. The third-order valence-electron chi connectivity index (χ3n) is 2.92. The number of carbonyl (C=O) groups excluding carboxylic acids is 1. The van der Waals surface area contributed by atoms with Gasteiger partial charge in [0.2, 0.25) is 0 Å². The minimum absolute atomic E-state index is 0.0563. The number of nitro benzene ring substituents is 1. The molecule has 1 heterocycles. The second-order valence-corrected chi connectivity index (χ2v) is 4.76. The van der Waals surface area contributed by atoms with Crippen LogP contribution in [-0.2, 0) is 4.74 Å². The Hall–Kier alpha value is -1.95. The average Bonchev–Trinajstić information content (AvgIpc) is 2.33. The van der Waals surface area contributed by atoms with E-state index in [1.54, 1.807) is 6.07 Å². The molecule has 0 aliphatic carbocycles. The molecular formula is C12H14N2O4. The lowest BCUT2D eigenvalue weighted by molar-refractivity contribution is -0.385. The van der Waals surface area contributed by atoms with E-state index in [0.29, 0.717) is 19.8 Å². The highest BCUT2D eigenvalue weighted by Crippen LogP contribution is 2.25. The number of nitro groups is 1. The maximum Gasteiger partial charge on any atom is 0.282 e. The number of hydrogen-bond donors (Lipinski definition) is 1. The van der Waals surface area contributed by atoms with Crippen molar-refractivity contribution in [2.24, 2.45) is 5.41 Å². The van der Waals surface area contributed by atoms with Crippen molar-refractivity contribution in [2.75, 3.05) is 19.8 Å². The van der Waals surface area contributed by atoms with Gasteiger partial charge in [-0.3, -0.25) is 14.9 Å². The van der Waals surface area contributed by atoms with Crippen LogP contribution in [0.4, 0.5) is 5.69 Å². The van der Waals surface area contributed by atoms with E-state index in [2.05, 4.69) is 5.32 Å². The van der Waals surface area contributed by atoms with Crippen LogP contribution in [-0.4, -0.2) is 30.6 Å². The number of nitrogens with one attached hydrogen (secondary N) is 1. The summed E-state index contributed by atoms with van der Waals surface area (Å²) in [4.78, 5) is 22.1. The molecule has 96 valence electrons. The second-order valence-electron chi connectivity index (χ2n) is 4.76. The fraction of sp³-hybridized carbons (Fsp3) is 0.417. The number of ether oxygens (including phenoxy) is 1. The van der Waals surface area contributed by atoms with Crippen LogP contribution in [0, 0.1) is 15.5 Å². The van der Waals surface area contributed by atoms with Crippen molar-refractivity contribution in [1.29, 1.82) is 0 Å². The molecule has 0 saturated carbocycles. The highest BCUT2D eigenvalue weighted by molar-refractivity contribution is 5.98. The first-order valence-corrected chi connectivity index (χ1v) is 5.61. The van der Waals surface area contributed by atoms with Gasteiger partial charge in [-0.05, 0) is 6.07 Å². The first kappa shape index (κ1) is 12.5. The van der Waals surface area contributed by atoms with Gasteiger partial charge >= 0.3 is 0 Å². The normalized spacial score (nSPS) is 16.7. The van der Waals surface area contributed by atoms with E-state index >= 15 is 0 Å². The van der Waals surface area contributed by atoms with E-state index in [0.717, 1.165) is 0 Å². The number of benzene rings is 1. The van der Waals surface area contributed by atoms with Crippen molar-refractivity contribution in [1.82, 2.24) is 5.32 Å². The average molecular weight is 250 g/mol. The Morgan fingerprint density at radius 3 is 2.72 bits per heavy atom. The summed E-state index contributed by atoms with van der Waals surface area (Å²) in [5, 5.41) is 13.5. The van der Waals surface area contributed by atoms with Crippen LogP contribution in [0.25, 0.3) is 0 Å². The van der Waals surface area contributed by atoms with Crippen LogP contribution in [0.15, 0.2) is 24.3 Å². The van der Waals surface area contributed by atoms with Crippen LogP contribution in [0.3, 0.4) is 0 Å². The Labute approximate surface area is 104 Å². The number of rotatable bonds is 4. The van der Waals surface area contributed by atoms with Gasteiger partial charge in [0.05, 0.1) is 18.1 Å².